The molecule has 31 heavy (non-hydrogen) atoms. The number of thioether (sulfide) groups is 1. The van der Waals surface area contributed by atoms with Gasteiger partial charge in [-0.25, -0.2) is 5.43 Å². The minimum absolute atomic E-state index is 0.245. The van der Waals surface area contributed by atoms with Crippen LogP contribution in [0.5, 0.6) is 5.75 Å². The highest BCUT2D eigenvalue weighted by Crippen LogP contribution is 2.28. The summed E-state index contributed by atoms with van der Waals surface area (Å²) in [5.74, 6) is 1.06. The number of carbonyl (C=O) groups excluding carboxylic acids is 1. The third-order valence-electron chi connectivity index (χ3n) is 4.90. The van der Waals surface area contributed by atoms with Gasteiger partial charge in [0.2, 0.25) is 0 Å². The summed E-state index contributed by atoms with van der Waals surface area (Å²) in [4.78, 5) is 13.5. The Labute approximate surface area is 188 Å². The van der Waals surface area contributed by atoms with Crippen LogP contribution in [0.2, 0.25) is 0 Å². The fourth-order valence-electron chi connectivity index (χ4n) is 3.08. The number of hydrogen-bond donors (Lipinski definition) is 1. The number of hydrazone groups is 1. The maximum absolute atomic E-state index is 12.3. The lowest BCUT2D eigenvalue weighted by atomic mass is 10.0. The first kappa shape index (κ1) is 22.6. The number of rotatable bonds is 8. The van der Waals surface area contributed by atoms with Gasteiger partial charge in [0.15, 0.2) is 0 Å². The van der Waals surface area contributed by atoms with E-state index in [-0.39, 0.29) is 5.91 Å². The van der Waals surface area contributed by atoms with E-state index < -0.39 is 0 Å². The van der Waals surface area contributed by atoms with Crippen LogP contribution in [-0.4, -0.2) is 18.4 Å². The molecule has 3 aromatic rings. The SMILES string of the molecule is CSc1ccc(/C=N/NC(=O)c2ccc(COc3cc(C)ccc3C(C)C)cc2)cc1. The van der Waals surface area contributed by atoms with E-state index in [2.05, 4.69) is 49.5 Å². The van der Waals surface area contributed by atoms with Gasteiger partial charge >= 0.3 is 0 Å². The van der Waals surface area contributed by atoms with Crippen LogP contribution in [0, 0.1) is 6.92 Å². The number of nitrogens with zero attached hydrogens (tertiary/aromatic N) is 1. The molecule has 0 radical (unpaired) electrons. The number of ether oxygens (including phenoxy) is 1. The molecule has 0 aliphatic rings. The Kier molecular flexibility index (Phi) is 7.90. The van der Waals surface area contributed by atoms with Gasteiger partial charge in [0.1, 0.15) is 12.4 Å². The van der Waals surface area contributed by atoms with Gasteiger partial charge in [-0.15, -0.1) is 11.8 Å². The Bertz CT molecular complexity index is 1040. The maximum Gasteiger partial charge on any atom is 0.271 e. The summed E-state index contributed by atoms with van der Waals surface area (Å²) in [5, 5.41) is 4.05. The second-order valence-corrected chi connectivity index (χ2v) is 8.53. The molecule has 0 atom stereocenters. The molecule has 0 unspecified atom stereocenters. The van der Waals surface area contributed by atoms with E-state index in [9.17, 15) is 4.79 Å². The number of aryl methyl sites for hydroxylation is 1. The van der Waals surface area contributed by atoms with Crippen LogP contribution in [0.4, 0.5) is 0 Å². The van der Waals surface area contributed by atoms with Crippen molar-refractivity contribution in [1.82, 2.24) is 5.43 Å². The molecule has 5 heteroatoms. The van der Waals surface area contributed by atoms with Crippen molar-refractivity contribution in [3.8, 4) is 5.75 Å². The summed E-state index contributed by atoms with van der Waals surface area (Å²) in [7, 11) is 0. The zero-order chi connectivity index (χ0) is 22.2. The summed E-state index contributed by atoms with van der Waals surface area (Å²) in [6.07, 6.45) is 3.67. The van der Waals surface area contributed by atoms with Gasteiger partial charge in [-0.3, -0.25) is 4.79 Å². The molecule has 4 nitrogen and oxygen atoms in total. The molecule has 160 valence electrons. The number of benzene rings is 3. The molecule has 0 saturated heterocycles. The molecule has 3 aromatic carbocycles. The first-order chi connectivity index (χ1) is 15.0. The highest BCUT2D eigenvalue weighted by atomic mass is 32.2. The fourth-order valence-corrected chi connectivity index (χ4v) is 3.49. The smallest absolute Gasteiger partial charge is 0.271 e. The molecule has 0 heterocycles. The largest absolute Gasteiger partial charge is 0.489 e. The Hall–Kier alpha value is -3.05. The Morgan fingerprint density at radius 1 is 1.06 bits per heavy atom. The standard InChI is InChI=1S/C26H28N2O2S/c1-18(2)24-14-5-19(3)15-25(24)30-17-21-6-10-22(11-7-21)26(29)28-27-16-20-8-12-23(31-4)13-9-20/h5-16,18H,17H2,1-4H3,(H,28,29)/b27-16+. The van der Waals surface area contributed by atoms with Gasteiger partial charge in [-0.1, -0.05) is 50.2 Å². The lowest BCUT2D eigenvalue weighted by Crippen LogP contribution is -2.17. The zero-order valence-electron chi connectivity index (χ0n) is 18.4. The van der Waals surface area contributed by atoms with Crippen molar-refractivity contribution in [3.05, 3.63) is 94.5 Å². The van der Waals surface area contributed by atoms with Gasteiger partial charge in [0, 0.05) is 10.5 Å². The lowest BCUT2D eigenvalue weighted by molar-refractivity contribution is 0.0955. The van der Waals surface area contributed by atoms with Gasteiger partial charge in [0.05, 0.1) is 6.21 Å². The van der Waals surface area contributed by atoms with Crippen molar-refractivity contribution in [2.24, 2.45) is 5.10 Å². The number of amides is 1. The molecule has 3 rings (SSSR count). The topological polar surface area (TPSA) is 50.7 Å². The molecule has 0 saturated carbocycles. The van der Waals surface area contributed by atoms with E-state index in [1.165, 1.54) is 16.0 Å². The van der Waals surface area contributed by atoms with Gasteiger partial charge in [-0.05, 0) is 71.7 Å². The predicted octanol–water partition coefficient (Wildman–Crippen LogP) is 6.18. The Balaban J connectivity index is 1.56. The van der Waals surface area contributed by atoms with E-state index >= 15 is 0 Å². The first-order valence-electron chi connectivity index (χ1n) is 10.3. The quantitative estimate of drug-likeness (QED) is 0.263. The number of carbonyl (C=O) groups is 1. The van der Waals surface area contributed by atoms with Crippen molar-refractivity contribution in [3.63, 3.8) is 0 Å². The highest BCUT2D eigenvalue weighted by molar-refractivity contribution is 7.98. The van der Waals surface area contributed by atoms with Gasteiger partial charge < -0.3 is 4.74 Å². The third kappa shape index (κ3) is 6.46. The molecule has 0 spiro atoms. The monoisotopic (exact) mass is 432 g/mol. The van der Waals surface area contributed by atoms with E-state index in [4.69, 9.17) is 4.74 Å². The molecular weight excluding hydrogens is 404 g/mol. The highest BCUT2D eigenvalue weighted by Gasteiger charge is 2.09. The van der Waals surface area contributed by atoms with Gasteiger partial charge in [-0.2, -0.15) is 5.10 Å². The maximum atomic E-state index is 12.3. The lowest BCUT2D eigenvalue weighted by Gasteiger charge is -2.15. The Morgan fingerprint density at radius 2 is 1.77 bits per heavy atom. The average Bonchev–Trinajstić information content (AvgIpc) is 2.78. The third-order valence-corrected chi connectivity index (χ3v) is 5.64. The molecule has 0 fully saturated rings. The van der Waals surface area contributed by atoms with Crippen molar-refractivity contribution in [2.75, 3.05) is 6.26 Å². The molecule has 0 bridgehead atoms. The van der Waals surface area contributed by atoms with E-state index in [1.807, 2.05) is 42.7 Å². The number of nitrogens with one attached hydrogen (secondary N) is 1. The summed E-state index contributed by atoms with van der Waals surface area (Å²) < 4.78 is 6.07. The van der Waals surface area contributed by atoms with Crippen LogP contribution < -0.4 is 10.2 Å². The Morgan fingerprint density at radius 3 is 2.42 bits per heavy atom. The minimum atomic E-state index is -0.245. The second-order valence-electron chi connectivity index (χ2n) is 7.65. The normalized spacial score (nSPS) is 11.1. The van der Waals surface area contributed by atoms with Crippen LogP contribution in [-0.2, 0) is 6.61 Å². The summed E-state index contributed by atoms with van der Waals surface area (Å²) in [6.45, 7) is 6.83. The molecule has 1 N–H and O–H groups in total. The molecular formula is C26H28N2O2S. The molecule has 0 aromatic heterocycles. The number of hydrogen-bond acceptors (Lipinski definition) is 4. The van der Waals surface area contributed by atoms with Crippen LogP contribution in [0.3, 0.4) is 0 Å². The van der Waals surface area contributed by atoms with Gasteiger partial charge in [0.25, 0.3) is 5.91 Å². The zero-order valence-corrected chi connectivity index (χ0v) is 19.2. The van der Waals surface area contributed by atoms with Crippen LogP contribution >= 0.6 is 11.8 Å². The molecule has 1 amide bonds. The van der Waals surface area contributed by atoms with Crippen LogP contribution in [0.15, 0.2) is 76.7 Å². The summed E-state index contributed by atoms with van der Waals surface area (Å²) in [5.41, 5.74) is 7.43. The average molecular weight is 433 g/mol. The summed E-state index contributed by atoms with van der Waals surface area (Å²) in [6, 6.07) is 21.7. The predicted molar refractivity (Wildman–Crippen MR) is 129 cm³/mol. The molecule has 0 aliphatic carbocycles. The van der Waals surface area contributed by atoms with Crippen LogP contribution in [0.1, 0.15) is 52.4 Å². The molecule has 0 aliphatic heterocycles. The fraction of sp³-hybridized carbons (Fsp3) is 0.231. The van der Waals surface area contributed by atoms with Crippen molar-refractivity contribution in [2.45, 2.75) is 38.2 Å². The minimum Gasteiger partial charge on any atom is -0.489 e. The van der Waals surface area contributed by atoms with Crippen molar-refractivity contribution < 1.29 is 9.53 Å². The van der Waals surface area contributed by atoms with E-state index in [0.29, 0.717) is 18.1 Å². The van der Waals surface area contributed by atoms with Crippen LogP contribution in [0.25, 0.3) is 0 Å². The van der Waals surface area contributed by atoms with E-state index in [0.717, 1.165) is 16.9 Å². The summed E-state index contributed by atoms with van der Waals surface area (Å²) >= 11 is 1.69. The van der Waals surface area contributed by atoms with Crippen molar-refractivity contribution >= 4 is 23.9 Å². The second kappa shape index (κ2) is 10.8. The van der Waals surface area contributed by atoms with Crippen molar-refractivity contribution in [1.29, 1.82) is 0 Å². The van der Waals surface area contributed by atoms with E-state index in [1.54, 1.807) is 30.1 Å². The first-order valence-corrected chi connectivity index (χ1v) is 11.5.